The van der Waals surface area contributed by atoms with Gasteiger partial charge >= 0.3 is 5.97 Å². The zero-order chi connectivity index (χ0) is 15.6. The molecule has 0 bridgehead atoms. The summed E-state index contributed by atoms with van der Waals surface area (Å²) in [5.74, 6) is -0.0837. The fraction of sp³-hybridized carbons (Fsp3) is 0.667. The maximum absolute atomic E-state index is 12.6. The highest BCUT2D eigenvalue weighted by Gasteiger charge is 2.49. The Balaban J connectivity index is 2.19. The van der Waals surface area contributed by atoms with Crippen molar-refractivity contribution in [1.82, 2.24) is 9.27 Å². The van der Waals surface area contributed by atoms with Gasteiger partial charge in [-0.1, -0.05) is 13.8 Å². The summed E-state index contributed by atoms with van der Waals surface area (Å²) in [6, 6.07) is 0. The Morgan fingerprint density at radius 1 is 1.52 bits per heavy atom. The zero-order valence-electron chi connectivity index (χ0n) is 13.0. The molecule has 21 heavy (non-hydrogen) atoms. The molecule has 0 saturated carbocycles. The molecule has 0 unspecified atom stereocenters. The number of hydrogen-bond donors (Lipinski definition) is 0. The summed E-state index contributed by atoms with van der Waals surface area (Å²) in [4.78, 5) is 26.7. The second-order valence-electron chi connectivity index (χ2n) is 5.82. The molecular formula is C15H22N2O3S. The number of carbonyl (C=O) groups is 2. The minimum atomic E-state index is -0.580. The minimum Gasteiger partial charge on any atom is -0.466 e. The normalized spacial score (nSPS) is 21.9. The Morgan fingerprint density at radius 2 is 2.24 bits per heavy atom. The summed E-state index contributed by atoms with van der Waals surface area (Å²) in [7, 11) is 0. The van der Waals surface area contributed by atoms with Crippen LogP contribution in [-0.4, -0.2) is 40.8 Å². The van der Waals surface area contributed by atoms with Gasteiger partial charge in [-0.15, -0.1) is 0 Å². The summed E-state index contributed by atoms with van der Waals surface area (Å²) in [6.07, 6.45) is 0.659. The lowest BCUT2D eigenvalue weighted by Gasteiger charge is -2.30. The van der Waals surface area contributed by atoms with Gasteiger partial charge in [0.05, 0.1) is 23.3 Å². The standard InChI is InChI=1S/C15H22N2O3S/c1-5-20-14(19)15(10(2)3)6-7-17(9-15)13(18)12-8-21-16-11(12)4/h8,10H,5-7,9H2,1-4H3/t15-/m0/s1. The molecule has 1 aliphatic rings. The zero-order valence-corrected chi connectivity index (χ0v) is 13.8. The van der Waals surface area contributed by atoms with Crippen LogP contribution < -0.4 is 0 Å². The molecule has 1 aromatic heterocycles. The van der Waals surface area contributed by atoms with Crippen LogP contribution in [-0.2, 0) is 9.53 Å². The van der Waals surface area contributed by atoms with E-state index in [4.69, 9.17) is 4.74 Å². The third-order valence-corrected chi connectivity index (χ3v) is 5.08. The van der Waals surface area contributed by atoms with E-state index in [1.807, 2.05) is 27.7 Å². The van der Waals surface area contributed by atoms with Gasteiger partial charge in [0.15, 0.2) is 0 Å². The van der Waals surface area contributed by atoms with Gasteiger partial charge in [0.1, 0.15) is 0 Å². The predicted molar refractivity (Wildman–Crippen MR) is 81.3 cm³/mol. The number of esters is 1. The van der Waals surface area contributed by atoms with Crippen molar-refractivity contribution >= 4 is 23.4 Å². The van der Waals surface area contributed by atoms with E-state index >= 15 is 0 Å². The first kappa shape index (κ1) is 15.9. The topological polar surface area (TPSA) is 59.5 Å². The molecule has 1 aromatic rings. The van der Waals surface area contributed by atoms with Crippen molar-refractivity contribution in [1.29, 1.82) is 0 Å². The van der Waals surface area contributed by atoms with Gasteiger partial charge in [-0.2, -0.15) is 4.37 Å². The van der Waals surface area contributed by atoms with Crippen molar-refractivity contribution in [2.24, 2.45) is 11.3 Å². The van der Waals surface area contributed by atoms with Gasteiger partial charge in [0, 0.05) is 18.5 Å². The minimum absolute atomic E-state index is 0.0342. The third-order valence-electron chi connectivity index (χ3n) is 4.36. The largest absolute Gasteiger partial charge is 0.466 e. The summed E-state index contributed by atoms with van der Waals surface area (Å²) >= 11 is 1.28. The van der Waals surface area contributed by atoms with Gasteiger partial charge in [0.2, 0.25) is 0 Å². The number of aryl methyl sites for hydroxylation is 1. The van der Waals surface area contributed by atoms with E-state index in [0.717, 1.165) is 5.69 Å². The van der Waals surface area contributed by atoms with E-state index in [1.54, 1.807) is 10.3 Å². The molecule has 0 radical (unpaired) electrons. The van der Waals surface area contributed by atoms with Crippen LogP contribution >= 0.6 is 11.5 Å². The Hall–Kier alpha value is -1.43. The van der Waals surface area contributed by atoms with Crippen molar-refractivity contribution in [2.45, 2.75) is 34.1 Å². The van der Waals surface area contributed by atoms with Crippen molar-refractivity contribution < 1.29 is 14.3 Å². The average molecular weight is 310 g/mol. The maximum atomic E-state index is 12.6. The van der Waals surface area contributed by atoms with E-state index in [9.17, 15) is 9.59 Å². The number of carbonyl (C=O) groups excluding carboxylic acids is 2. The molecule has 1 aliphatic heterocycles. The lowest BCUT2D eigenvalue weighted by atomic mass is 9.76. The number of nitrogens with zero attached hydrogens (tertiary/aromatic N) is 2. The van der Waals surface area contributed by atoms with Gasteiger partial charge in [-0.05, 0) is 37.7 Å². The van der Waals surface area contributed by atoms with Crippen LogP contribution in [0.15, 0.2) is 5.38 Å². The third kappa shape index (κ3) is 2.81. The smallest absolute Gasteiger partial charge is 0.314 e. The Kier molecular flexibility index (Phi) is 4.66. The molecule has 6 heteroatoms. The number of hydrogen-bond acceptors (Lipinski definition) is 5. The van der Waals surface area contributed by atoms with Crippen molar-refractivity contribution in [2.75, 3.05) is 19.7 Å². The van der Waals surface area contributed by atoms with E-state index in [0.29, 0.717) is 31.7 Å². The Morgan fingerprint density at radius 3 is 2.76 bits per heavy atom. The van der Waals surface area contributed by atoms with Gasteiger partial charge in [-0.25, -0.2) is 0 Å². The molecule has 116 valence electrons. The second-order valence-corrected chi connectivity index (χ2v) is 6.45. The average Bonchev–Trinajstić information content (AvgIpc) is 3.05. The molecule has 1 fully saturated rings. The summed E-state index contributed by atoms with van der Waals surface area (Å²) in [5.41, 5.74) is 0.815. The Labute approximate surface area is 129 Å². The molecule has 0 aliphatic carbocycles. The summed E-state index contributed by atoms with van der Waals surface area (Å²) < 4.78 is 9.39. The van der Waals surface area contributed by atoms with Crippen LogP contribution in [0.1, 0.15) is 43.2 Å². The summed E-state index contributed by atoms with van der Waals surface area (Å²) in [5, 5.41) is 1.78. The number of aromatic nitrogens is 1. The second kappa shape index (κ2) is 6.13. The van der Waals surface area contributed by atoms with Gasteiger partial charge < -0.3 is 9.64 Å². The van der Waals surface area contributed by atoms with Crippen molar-refractivity contribution in [3.63, 3.8) is 0 Å². The van der Waals surface area contributed by atoms with E-state index < -0.39 is 5.41 Å². The molecule has 0 aromatic carbocycles. The van der Waals surface area contributed by atoms with Crippen LogP contribution in [0.4, 0.5) is 0 Å². The Bertz CT molecular complexity index is 541. The fourth-order valence-electron chi connectivity index (χ4n) is 2.82. The molecule has 1 saturated heterocycles. The van der Waals surface area contributed by atoms with Gasteiger partial charge in [-0.3, -0.25) is 9.59 Å². The molecule has 2 rings (SSSR count). The number of amides is 1. The number of ether oxygens (including phenoxy) is 1. The summed E-state index contributed by atoms with van der Waals surface area (Å²) in [6.45, 7) is 9.06. The lowest BCUT2D eigenvalue weighted by Crippen LogP contribution is -2.41. The van der Waals surface area contributed by atoms with E-state index in [-0.39, 0.29) is 17.8 Å². The SMILES string of the molecule is CCOC(=O)[C@@]1(C(C)C)CCN(C(=O)c2csnc2C)C1. The molecule has 5 nitrogen and oxygen atoms in total. The lowest BCUT2D eigenvalue weighted by molar-refractivity contribution is -0.157. The van der Waals surface area contributed by atoms with Crippen LogP contribution in [0.25, 0.3) is 0 Å². The molecule has 1 atom stereocenters. The first-order chi connectivity index (χ1) is 9.92. The molecular weight excluding hydrogens is 288 g/mol. The quantitative estimate of drug-likeness (QED) is 0.802. The van der Waals surface area contributed by atoms with Crippen LogP contribution in [0, 0.1) is 18.3 Å². The van der Waals surface area contributed by atoms with Crippen LogP contribution in [0.5, 0.6) is 0 Å². The molecule has 0 N–H and O–H groups in total. The first-order valence-corrected chi connectivity index (χ1v) is 8.13. The highest BCUT2D eigenvalue weighted by Crippen LogP contribution is 2.39. The van der Waals surface area contributed by atoms with Crippen LogP contribution in [0.2, 0.25) is 0 Å². The highest BCUT2D eigenvalue weighted by atomic mass is 32.1. The van der Waals surface area contributed by atoms with E-state index in [1.165, 1.54) is 11.5 Å². The van der Waals surface area contributed by atoms with Gasteiger partial charge in [0.25, 0.3) is 5.91 Å². The highest BCUT2D eigenvalue weighted by molar-refractivity contribution is 7.03. The number of likely N-dealkylation sites (tertiary alicyclic amines) is 1. The monoisotopic (exact) mass is 310 g/mol. The molecule has 2 heterocycles. The molecule has 1 amide bonds. The fourth-order valence-corrected chi connectivity index (χ4v) is 3.51. The van der Waals surface area contributed by atoms with Crippen LogP contribution in [0.3, 0.4) is 0 Å². The number of rotatable bonds is 4. The maximum Gasteiger partial charge on any atom is 0.314 e. The molecule has 0 spiro atoms. The van der Waals surface area contributed by atoms with Crippen molar-refractivity contribution in [3.8, 4) is 0 Å². The van der Waals surface area contributed by atoms with E-state index in [2.05, 4.69) is 4.37 Å². The first-order valence-electron chi connectivity index (χ1n) is 7.30. The van der Waals surface area contributed by atoms with Crippen molar-refractivity contribution in [3.05, 3.63) is 16.6 Å². The predicted octanol–water partition coefficient (Wildman–Crippen LogP) is 2.50.